The van der Waals surface area contributed by atoms with Crippen molar-refractivity contribution in [2.24, 2.45) is 10.9 Å². The minimum Gasteiger partial charge on any atom is -0.381 e. The van der Waals surface area contributed by atoms with Crippen molar-refractivity contribution in [3.8, 4) is 0 Å². The summed E-state index contributed by atoms with van der Waals surface area (Å²) in [5, 5.41) is 8.87. The molecule has 1 unspecified atom stereocenters. The Kier molecular flexibility index (Phi) is 5.19. The van der Waals surface area contributed by atoms with Crippen LogP contribution in [0.25, 0.3) is 0 Å². The number of rotatable bonds is 5. The number of amides is 1. The fraction of sp³-hybridized carbons (Fsp3) is 0.143. The first kappa shape index (κ1) is 15.3. The lowest BCUT2D eigenvalue weighted by Crippen LogP contribution is -2.27. The molecule has 1 heterocycles. The second-order valence-corrected chi connectivity index (χ2v) is 5.59. The lowest BCUT2D eigenvalue weighted by molar-refractivity contribution is -0.126. The smallest absolute Gasteiger partial charge is 0.267 e. The monoisotopic (exact) mass is 323 g/mol. The van der Waals surface area contributed by atoms with E-state index in [9.17, 15) is 4.79 Å². The Morgan fingerprint density at radius 1 is 1.43 bits per heavy atom. The van der Waals surface area contributed by atoms with Crippen molar-refractivity contribution >= 4 is 40.4 Å². The molecule has 110 valence electrons. The van der Waals surface area contributed by atoms with Gasteiger partial charge in [-0.3, -0.25) is 4.79 Å². The molecule has 5 nitrogen and oxygen atoms in total. The molecule has 0 aliphatic rings. The van der Waals surface area contributed by atoms with Crippen LogP contribution in [-0.2, 0) is 9.63 Å². The largest absolute Gasteiger partial charge is 0.381 e. The van der Waals surface area contributed by atoms with E-state index in [1.807, 2.05) is 17.5 Å². The van der Waals surface area contributed by atoms with Crippen molar-refractivity contribution in [3.05, 3.63) is 51.7 Å². The number of oxime groups is 1. The number of nitrogens with zero attached hydrogens (tertiary/aromatic N) is 1. The van der Waals surface area contributed by atoms with Crippen LogP contribution in [0.3, 0.4) is 0 Å². The molecule has 21 heavy (non-hydrogen) atoms. The highest BCUT2D eigenvalue weighted by Gasteiger charge is 2.15. The van der Waals surface area contributed by atoms with Crippen LogP contribution in [-0.4, -0.2) is 17.8 Å². The molecule has 0 saturated heterocycles. The Labute approximate surface area is 131 Å². The van der Waals surface area contributed by atoms with Gasteiger partial charge in [0.1, 0.15) is 0 Å². The number of halogens is 1. The summed E-state index contributed by atoms with van der Waals surface area (Å²) in [6.07, 6.45) is -0.775. The third kappa shape index (κ3) is 4.47. The Hall–Kier alpha value is -2.05. The molecule has 1 amide bonds. The third-order valence-electron chi connectivity index (χ3n) is 2.54. The first-order chi connectivity index (χ1) is 10.1. The summed E-state index contributed by atoms with van der Waals surface area (Å²) in [5.41, 5.74) is 6.34. The van der Waals surface area contributed by atoms with Gasteiger partial charge in [0.2, 0.25) is 6.10 Å². The number of carbonyl (C=O) groups is 1. The number of nitrogens with two attached hydrogens (primary N) is 1. The molecule has 0 fully saturated rings. The van der Waals surface area contributed by atoms with Gasteiger partial charge in [0, 0.05) is 10.7 Å². The third-order valence-corrected chi connectivity index (χ3v) is 3.67. The summed E-state index contributed by atoms with van der Waals surface area (Å²) in [7, 11) is 0. The highest BCUT2D eigenvalue weighted by molar-refractivity contribution is 7.12. The van der Waals surface area contributed by atoms with Crippen molar-refractivity contribution in [1.82, 2.24) is 0 Å². The van der Waals surface area contributed by atoms with Gasteiger partial charge in [-0.15, -0.1) is 11.3 Å². The van der Waals surface area contributed by atoms with Gasteiger partial charge in [-0.25, -0.2) is 0 Å². The molecular formula is C14H14ClN3O2S. The number of benzene rings is 1. The summed E-state index contributed by atoms with van der Waals surface area (Å²) in [6.45, 7) is 1.59. The van der Waals surface area contributed by atoms with Crippen molar-refractivity contribution < 1.29 is 9.63 Å². The van der Waals surface area contributed by atoms with Gasteiger partial charge in [-0.05, 0) is 36.6 Å². The Balaban J connectivity index is 1.92. The standard InChI is InChI=1S/C14H14ClN3O2S/c1-9(20-18-13(16)12-6-3-7-21-12)14(19)17-11-5-2-4-10(15)8-11/h2-9H,1H3,(H2,16,18)(H,17,19). The fourth-order valence-electron chi connectivity index (χ4n) is 1.46. The van der Waals surface area contributed by atoms with E-state index >= 15 is 0 Å². The molecule has 1 atom stereocenters. The van der Waals surface area contributed by atoms with Crippen LogP contribution >= 0.6 is 22.9 Å². The highest BCUT2D eigenvalue weighted by atomic mass is 35.5. The summed E-state index contributed by atoms with van der Waals surface area (Å²) < 4.78 is 0. The Morgan fingerprint density at radius 3 is 2.90 bits per heavy atom. The molecule has 1 aromatic heterocycles. The molecule has 2 aromatic rings. The van der Waals surface area contributed by atoms with Crippen LogP contribution in [0.15, 0.2) is 46.9 Å². The van der Waals surface area contributed by atoms with E-state index < -0.39 is 6.10 Å². The normalized spacial score (nSPS) is 12.8. The molecule has 1 aromatic carbocycles. The molecular weight excluding hydrogens is 310 g/mol. The summed E-state index contributed by atoms with van der Waals surface area (Å²) >= 11 is 7.29. The lowest BCUT2D eigenvalue weighted by Gasteiger charge is -2.11. The van der Waals surface area contributed by atoms with Gasteiger partial charge in [-0.1, -0.05) is 28.9 Å². The SMILES string of the molecule is CC(ON=C(N)c1cccs1)C(=O)Nc1cccc(Cl)c1. The van der Waals surface area contributed by atoms with Crippen LogP contribution in [0.4, 0.5) is 5.69 Å². The van der Waals surface area contributed by atoms with Crippen LogP contribution in [0.5, 0.6) is 0 Å². The molecule has 0 aliphatic heterocycles. The first-order valence-electron chi connectivity index (χ1n) is 6.16. The van der Waals surface area contributed by atoms with E-state index in [0.717, 1.165) is 4.88 Å². The van der Waals surface area contributed by atoms with E-state index in [1.54, 1.807) is 31.2 Å². The number of thiophene rings is 1. The number of anilines is 1. The van der Waals surface area contributed by atoms with Crippen molar-refractivity contribution in [3.63, 3.8) is 0 Å². The molecule has 2 rings (SSSR count). The maximum atomic E-state index is 11.9. The quantitative estimate of drug-likeness (QED) is 0.504. The average molecular weight is 324 g/mol. The Morgan fingerprint density at radius 2 is 2.24 bits per heavy atom. The van der Waals surface area contributed by atoms with Crippen molar-refractivity contribution in [1.29, 1.82) is 0 Å². The molecule has 7 heteroatoms. The zero-order chi connectivity index (χ0) is 15.2. The van der Waals surface area contributed by atoms with Gasteiger partial charge in [0.25, 0.3) is 5.91 Å². The van der Waals surface area contributed by atoms with E-state index in [1.165, 1.54) is 11.3 Å². The second kappa shape index (κ2) is 7.10. The average Bonchev–Trinajstić information content (AvgIpc) is 2.98. The van der Waals surface area contributed by atoms with Crippen LogP contribution in [0.1, 0.15) is 11.8 Å². The van der Waals surface area contributed by atoms with Gasteiger partial charge >= 0.3 is 0 Å². The Bertz CT molecular complexity index is 643. The predicted octanol–water partition coefficient (Wildman–Crippen LogP) is 3.07. The summed E-state index contributed by atoms with van der Waals surface area (Å²) in [4.78, 5) is 17.8. The second-order valence-electron chi connectivity index (χ2n) is 4.20. The molecule has 0 saturated carbocycles. The minimum atomic E-state index is -0.775. The summed E-state index contributed by atoms with van der Waals surface area (Å²) in [5.74, 6) is -0.0904. The van der Waals surface area contributed by atoms with Crippen molar-refractivity contribution in [2.45, 2.75) is 13.0 Å². The van der Waals surface area contributed by atoms with Crippen LogP contribution in [0, 0.1) is 0 Å². The predicted molar refractivity (Wildman–Crippen MR) is 85.7 cm³/mol. The molecule has 0 spiro atoms. The number of hydrogen-bond acceptors (Lipinski definition) is 4. The van der Waals surface area contributed by atoms with Gasteiger partial charge in [0.15, 0.2) is 5.84 Å². The molecule has 3 N–H and O–H groups in total. The molecule has 0 radical (unpaired) electrons. The summed E-state index contributed by atoms with van der Waals surface area (Å²) in [6, 6.07) is 10.5. The fourth-order valence-corrected chi connectivity index (χ4v) is 2.27. The van der Waals surface area contributed by atoms with Crippen molar-refractivity contribution in [2.75, 3.05) is 5.32 Å². The van der Waals surface area contributed by atoms with E-state index in [4.69, 9.17) is 22.2 Å². The highest BCUT2D eigenvalue weighted by Crippen LogP contribution is 2.15. The molecule has 0 aliphatic carbocycles. The van der Waals surface area contributed by atoms with E-state index in [0.29, 0.717) is 10.7 Å². The number of nitrogens with one attached hydrogen (secondary N) is 1. The van der Waals surface area contributed by atoms with Crippen LogP contribution < -0.4 is 11.1 Å². The van der Waals surface area contributed by atoms with E-state index in [-0.39, 0.29) is 11.7 Å². The van der Waals surface area contributed by atoms with Crippen LogP contribution in [0.2, 0.25) is 5.02 Å². The maximum Gasteiger partial charge on any atom is 0.267 e. The first-order valence-corrected chi connectivity index (χ1v) is 7.41. The minimum absolute atomic E-state index is 0.243. The molecule has 0 bridgehead atoms. The topological polar surface area (TPSA) is 76.7 Å². The van der Waals surface area contributed by atoms with Gasteiger partial charge in [0.05, 0.1) is 4.88 Å². The number of hydrogen-bond donors (Lipinski definition) is 2. The van der Waals surface area contributed by atoms with E-state index in [2.05, 4.69) is 10.5 Å². The van der Waals surface area contributed by atoms with Gasteiger partial charge in [-0.2, -0.15) is 0 Å². The maximum absolute atomic E-state index is 11.9. The number of carbonyl (C=O) groups excluding carboxylic acids is 1. The number of amidine groups is 1. The van der Waals surface area contributed by atoms with Gasteiger partial charge < -0.3 is 15.9 Å². The lowest BCUT2D eigenvalue weighted by atomic mass is 10.3. The zero-order valence-electron chi connectivity index (χ0n) is 11.2. The zero-order valence-corrected chi connectivity index (χ0v) is 12.8.